The molecule has 0 radical (unpaired) electrons. The molecular weight excluding hydrogens is 224 g/mol. The molecule has 1 aromatic heterocycles. The molecule has 5 heteroatoms. The Labute approximate surface area is 102 Å². The van der Waals surface area contributed by atoms with E-state index in [4.69, 9.17) is 11.6 Å². The maximum absolute atomic E-state index is 5.80. The van der Waals surface area contributed by atoms with Crippen molar-refractivity contribution in [2.45, 2.75) is 38.7 Å². The van der Waals surface area contributed by atoms with Gasteiger partial charge in [0.2, 0.25) is 0 Å². The van der Waals surface area contributed by atoms with E-state index in [1.807, 2.05) is 0 Å². The van der Waals surface area contributed by atoms with Gasteiger partial charge in [-0.2, -0.15) is 0 Å². The second-order valence-electron chi connectivity index (χ2n) is 4.78. The molecule has 1 aliphatic heterocycles. The van der Waals surface area contributed by atoms with Gasteiger partial charge in [-0.3, -0.25) is 0 Å². The molecule has 1 fully saturated rings. The number of halogens is 1. The zero-order chi connectivity index (χ0) is 11.5. The smallest absolute Gasteiger partial charge is 0.147 e. The highest BCUT2D eigenvalue weighted by molar-refractivity contribution is 6.16. The first-order valence-electron chi connectivity index (χ1n) is 5.87. The second kappa shape index (κ2) is 5.15. The highest BCUT2D eigenvalue weighted by atomic mass is 35.5. The van der Waals surface area contributed by atoms with Crippen LogP contribution in [0.3, 0.4) is 0 Å². The first-order chi connectivity index (χ1) is 7.70. The molecule has 1 aliphatic rings. The zero-order valence-electron chi connectivity index (χ0n) is 9.93. The Morgan fingerprint density at radius 3 is 3.00 bits per heavy atom. The number of likely N-dealkylation sites (tertiary alicyclic amines) is 1. The van der Waals surface area contributed by atoms with Gasteiger partial charge in [0.25, 0.3) is 0 Å². The van der Waals surface area contributed by atoms with Gasteiger partial charge in [0.05, 0.1) is 5.88 Å². The standard InChI is InChI=1S/C11H19ClN4/c1-9(2)15-4-3-10(6-15)7-16-8-13-14-11(16)5-12/h8-10H,3-7H2,1-2H3. The monoisotopic (exact) mass is 242 g/mol. The fourth-order valence-electron chi connectivity index (χ4n) is 2.29. The highest BCUT2D eigenvalue weighted by Gasteiger charge is 2.24. The average Bonchev–Trinajstić information content (AvgIpc) is 2.87. The van der Waals surface area contributed by atoms with Gasteiger partial charge < -0.3 is 9.47 Å². The van der Waals surface area contributed by atoms with Crippen molar-refractivity contribution in [2.75, 3.05) is 13.1 Å². The molecule has 0 aromatic carbocycles. The number of hydrogen-bond donors (Lipinski definition) is 0. The van der Waals surface area contributed by atoms with Crippen LogP contribution in [0.25, 0.3) is 0 Å². The molecule has 2 rings (SSSR count). The van der Waals surface area contributed by atoms with Crippen molar-refractivity contribution in [3.8, 4) is 0 Å². The Bertz CT molecular complexity index is 336. The summed E-state index contributed by atoms with van der Waals surface area (Å²) in [5, 5.41) is 7.90. The third kappa shape index (κ3) is 2.55. The van der Waals surface area contributed by atoms with Crippen molar-refractivity contribution in [2.24, 2.45) is 5.92 Å². The fourth-order valence-corrected chi connectivity index (χ4v) is 2.50. The maximum atomic E-state index is 5.80. The summed E-state index contributed by atoms with van der Waals surface area (Å²) >= 11 is 5.80. The van der Waals surface area contributed by atoms with E-state index >= 15 is 0 Å². The van der Waals surface area contributed by atoms with Crippen molar-refractivity contribution < 1.29 is 0 Å². The Morgan fingerprint density at radius 2 is 2.38 bits per heavy atom. The lowest BCUT2D eigenvalue weighted by atomic mass is 10.1. The first-order valence-corrected chi connectivity index (χ1v) is 6.41. The molecule has 1 aromatic rings. The molecule has 90 valence electrons. The third-order valence-corrected chi connectivity index (χ3v) is 3.56. The molecule has 1 atom stereocenters. The number of rotatable bonds is 4. The summed E-state index contributed by atoms with van der Waals surface area (Å²) in [5.74, 6) is 2.03. The normalized spacial score (nSPS) is 22.1. The highest BCUT2D eigenvalue weighted by Crippen LogP contribution is 2.20. The van der Waals surface area contributed by atoms with E-state index in [2.05, 4.69) is 33.5 Å². The van der Waals surface area contributed by atoms with Crippen LogP contribution in [0.15, 0.2) is 6.33 Å². The molecule has 0 spiro atoms. The number of aromatic nitrogens is 3. The number of alkyl halides is 1. The maximum Gasteiger partial charge on any atom is 0.147 e. The van der Waals surface area contributed by atoms with Crippen LogP contribution in [0.5, 0.6) is 0 Å². The predicted octanol–water partition coefficient (Wildman–Crippen LogP) is 1.75. The predicted molar refractivity (Wildman–Crippen MR) is 64.4 cm³/mol. The van der Waals surface area contributed by atoms with Crippen LogP contribution in [0.1, 0.15) is 26.1 Å². The van der Waals surface area contributed by atoms with Crippen molar-refractivity contribution in [1.82, 2.24) is 19.7 Å². The van der Waals surface area contributed by atoms with E-state index in [0.29, 0.717) is 17.8 Å². The molecule has 4 nitrogen and oxygen atoms in total. The molecule has 0 bridgehead atoms. The second-order valence-corrected chi connectivity index (χ2v) is 5.04. The van der Waals surface area contributed by atoms with Crippen LogP contribution in [-0.2, 0) is 12.4 Å². The van der Waals surface area contributed by atoms with E-state index in [1.165, 1.54) is 19.5 Å². The van der Waals surface area contributed by atoms with E-state index in [-0.39, 0.29) is 0 Å². The molecular formula is C11H19ClN4. The van der Waals surface area contributed by atoms with Crippen LogP contribution in [0.2, 0.25) is 0 Å². The number of nitrogens with zero attached hydrogens (tertiary/aromatic N) is 4. The van der Waals surface area contributed by atoms with Crippen LogP contribution >= 0.6 is 11.6 Å². The lowest BCUT2D eigenvalue weighted by molar-refractivity contribution is 0.260. The van der Waals surface area contributed by atoms with Crippen molar-refractivity contribution in [3.05, 3.63) is 12.2 Å². The van der Waals surface area contributed by atoms with Crippen molar-refractivity contribution in [3.63, 3.8) is 0 Å². The molecule has 1 unspecified atom stereocenters. The van der Waals surface area contributed by atoms with Crippen LogP contribution in [-0.4, -0.2) is 38.8 Å². The lowest BCUT2D eigenvalue weighted by Gasteiger charge is -2.20. The summed E-state index contributed by atoms with van der Waals surface area (Å²) in [7, 11) is 0. The van der Waals surface area contributed by atoms with E-state index < -0.39 is 0 Å². The largest absolute Gasteiger partial charge is 0.316 e. The van der Waals surface area contributed by atoms with Gasteiger partial charge in [0, 0.05) is 19.1 Å². The van der Waals surface area contributed by atoms with Gasteiger partial charge in [-0.05, 0) is 32.7 Å². The summed E-state index contributed by atoms with van der Waals surface area (Å²) in [6.07, 6.45) is 3.05. The molecule has 0 N–H and O–H groups in total. The van der Waals surface area contributed by atoms with Crippen molar-refractivity contribution >= 4 is 11.6 Å². The van der Waals surface area contributed by atoms with Gasteiger partial charge in [0.15, 0.2) is 0 Å². The molecule has 0 amide bonds. The Kier molecular flexibility index (Phi) is 3.82. The van der Waals surface area contributed by atoms with E-state index in [0.717, 1.165) is 12.4 Å². The van der Waals surface area contributed by atoms with Crippen LogP contribution < -0.4 is 0 Å². The first kappa shape index (κ1) is 11.9. The average molecular weight is 243 g/mol. The van der Waals surface area contributed by atoms with Crippen molar-refractivity contribution in [1.29, 1.82) is 0 Å². The summed E-state index contributed by atoms with van der Waals surface area (Å²) < 4.78 is 2.08. The SMILES string of the molecule is CC(C)N1CCC(Cn2cnnc2CCl)C1. The molecule has 16 heavy (non-hydrogen) atoms. The van der Waals surface area contributed by atoms with Gasteiger partial charge in [-0.25, -0.2) is 0 Å². The summed E-state index contributed by atoms with van der Waals surface area (Å²) in [4.78, 5) is 2.52. The van der Waals surface area contributed by atoms with Crippen LogP contribution in [0, 0.1) is 5.92 Å². The Balaban J connectivity index is 1.92. The Hall–Kier alpha value is -0.610. The quantitative estimate of drug-likeness (QED) is 0.755. The molecule has 1 saturated heterocycles. The summed E-state index contributed by atoms with van der Waals surface area (Å²) in [6, 6.07) is 0.651. The lowest BCUT2D eigenvalue weighted by Crippen LogP contribution is -2.28. The van der Waals surface area contributed by atoms with Gasteiger partial charge in [-0.1, -0.05) is 0 Å². The minimum Gasteiger partial charge on any atom is -0.316 e. The molecule has 2 heterocycles. The minimum atomic E-state index is 0.445. The van der Waals surface area contributed by atoms with Gasteiger partial charge in [-0.15, -0.1) is 21.8 Å². The topological polar surface area (TPSA) is 34.0 Å². The van der Waals surface area contributed by atoms with Gasteiger partial charge in [0.1, 0.15) is 12.2 Å². The van der Waals surface area contributed by atoms with E-state index in [1.54, 1.807) is 6.33 Å². The van der Waals surface area contributed by atoms with Crippen LogP contribution in [0.4, 0.5) is 0 Å². The fraction of sp³-hybridized carbons (Fsp3) is 0.818. The summed E-state index contributed by atoms with van der Waals surface area (Å²) in [6.45, 7) is 7.90. The number of hydrogen-bond acceptors (Lipinski definition) is 3. The third-order valence-electron chi connectivity index (χ3n) is 3.32. The molecule has 0 saturated carbocycles. The molecule has 0 aliphatic carbocycles. The zero-order valence-corrected chi connectivity index (χ0v) is 10.7. The minimum absolute atomic E-state index is 0.445. The van der Waals surface area contributed by atoms with Gasteiger partial charge >= 0.3 is 0 Å². The Morgan fingerprint density at radius 1 is 1.56 bits per heavy atom. The van der Waals surface area contributed by atoms with E-state index in [9.17, 15) is 0 Å². The summed E-state index contributed by atoms with van der Waals surface area (Å²) in [5.41, 5.74) is 0.